The van der Waals surface area contributed by atoms with Gasteiger partial charge < -0.3 is 10.1 Å². The first-order valence-electron chi connectivity index (χ1n) is 7.19. The minimum atomic E-state index is 0.403. The van der Waals surface area contributed by atoms with Crippen molar-refractivity contribution in [3.05, 3.63) is 60.2 Å². The van der Waals surface area contributed by atoms with Gasteiger partial charge in [0.1, 0.15) is 11.5 Å². The highest BCUT2D eigenvalue weighted by atomic mass is 16.5. The fourth-order valence-corrected chi connectivity index (χ4v) is 2.28. The van der Waals surface area contributed by atoms with Crippen molar-refractivity contribution in [2.75, 3.05) is 7.05 Å². The van der Waals surface area contributed by atoms with E-state index in [4.69, 9.17) is 4.74 Å². The first-order chi connectivity index (χ1) is 9.69. The summed E-state index contributed by atoms with van der Waals surface area (Å²) in [6.07, 6.45) is 1.13. The van der Waals surface area contributed by atoms with Crippen molar-refractivity contribution in [2.24, 2.45) is 5.92 Å². The maximum absolute atomic E-state index is 5.81. The van der Waals surface area contributed by atoms with E-state index in [0.29, 0.717) is 12.0 Å². The Hall–Kier alpha value is -1.80. The van der Waals surface area contributed by atoms with E-state index in [1.807, 2.05) is 49.5 Å². The van der Waals surface area contributed by atoms with Crippen molar-refractivity contribution in [1.82, 2.24) is 5.32 Å². The van der Waals surface area contributed by atoms with E-state index in [0.717, 1.165) is 17.9 Å². The van der Waals surface area contributed by atoms with Gasteiger partial charge in [-0.3, -0.25) is 0 Å². The zero-order chi connectivity index (χ0) is 14.4. The fourth-order valence-electron chi connectivity index (χ4n) is 2.28. The summed E-state index contributed by atoms with van der Waals surface area (Å²) in [5.41, 5.74) is 1.31. The normalized spacial score (nSPS) is 12.4. The van der Waals surface area contributed by atoms with E-state index in [-0.39, 0.29) is 0 Å². The quantitative estimate of drug-likeness (QED) is 0.814. The van der Waals surface area contributed by atoms with Crippen molar-refractivity contribution in [3.63, 3.8) is 0 Å². The molecule has 0 heterocycles. The smallest absolute Gasteiger partial charge is 0.127 e. The number of ether oxygens (including phenoxy) is 1. The molecular weight excluding hydrogens is 246 g/mol. The Kier molecular flexibility index (Phi) is 5.19. The van der Waals surface area contributed by atoms with Crippen molar-refractivity contribution >= 4 is 0 Å². The van der Waals surface area contributed by atoms with Crippen molar-refractivity contribution < 1.29 is 4.74 Å². The molecule has 1 unspecified atom stereocenters. The van der Waals surface area contributed by atoms with Gasteiger partial charge in [-0.15, -0.1) is 0 Å². The Morgan fingerprint density at radius 1 is 0.900 bits per heavy atom. The molecule has 0 saturated heterocycles. The lowest BCUT2D eigenvalue weighted by Gasteiger charge is -2.19. The average Bonchev–Trinajstić information content (AvgIpc) is 2.46. The minimum Gasteiger partial charge on any atom is -0.457 e. The molecule has 0 aliphatic heterocycles. The summed E-state index contributed by atoms with van der Waals surface area (Å²) in [6, 6.07) is 18.6. The van der Waals surface area contributed by atoms with E-state index >= 15 is 0 Å². The average molecular weight is 269 g/mol. The second-order valence-electron chi connectivity index (χ2n) is 5.45. The van der Waals surface area contributed by atoms with Gasteiger partial charge >= 0.3 is 0 Å². The number of hydrogen-bond donors (Lipinski definition) is 1. The SMILES string of the molecule is CNC(CC(C)C)c1ccc(Oc2ccccc2)cc1. The van der Waals surface area contributed by atoms with Crippen LogP contribution < -0.4 is 10.1 Å². The van der Waals surface area contributed by atoms with Crippen LogP contribution in [0.4, 0.5) is 0 Å². The summed E-state index contributed by atoms with van der Waals surface area (Å²) in [6.45, 7) is 4.49. The zero-order valence-corrected chi connectivity index (χ0v) is 12.5. The van der Waals surface area contributed by atoms with Gasteiger partial charge in [-0.1, -0.05) is 44.2 Å². The third-order valence-corrected chi connectivity index (χ3v) is 3.32. The van der Waals surface area contributed by atoms with Gasteiger partial charge in [0, 0.05) is 6.04 Å². The minimum absolute atomic E-state index is 0.403. The van der Waals surface area contributed by atoms with Gasteiger partial charge in [0.25, 0.3) is 0 Å². The number of para-hydroxylation sites is 1. The third-order valence-electron chi connectivity index (χ3n) is 3.32. The largest absolute Gasteiger partial charge is 0.457 e. The molecule has 0 amide bonds. The zero-order valence-electron chi connectivity index (χ0n) is 12.5. The lowest BCUT2D eigenvalue weighted by atomic mass is 9.97. The van der Waals surface area contributed by atoms with Crippen LogP contribution in [0, 0.1) is 5.92 Å². The molecule has 0 aromatic heterocycles. The molecule has 1 N–H and O–H groups in total. The summed E-state index contributed by atoms with van der Waals surface area (Å²) in [5, 5.41) is 3.38. The lowest BCUT2D eigenvalue weighted by molar-refractivity contribution is 0.454. The van der Waals surface area contributed by atoms with Gasteiger partial charge in [0.2, 0.25) is 0 Å². The molecule has 2 aromatic carbocycles. The van der Waals surface area contributed by atoms with Gasteiger partial charge in [-0.05, 0) is 49.2 Å². The molecule has 2 nitrogen and oxygen atoms in total. The Labute approximate surface area is 121 Å². The second kappa shape index (κ2) is 7.11. The number of nitrogens with one attached hydrogen (secondary N) is 1. The van der Waals surface area contributed by atoms with Crippen LogP contribution in [0.25, 0.3) is 0 Å². The van der Waals surface area contributed by atoms with Gasteiger partial charge in [0.05, 0.1) is 0 Å². The van der Waals surface area contributed by atoms with E-state index in [1.165, 1.54) is 5.56 Å². The summed E-state index contributed by atoms with van der Waals surface area (Å²) in [7, 11) is 2.02. The summed E-state index contributed by atoms with van der Waals surface area (Å²) < 4.78 is 5.81. The third kappa shape index (κ3) is 4.10. The van der Waals surface area contributed by atoms with Crippen LogP contribution in [-0.2, 0) is 0 Å². The number of rotatable bonds is 6. The highest BCUT2D eigenvalue weighted by molar-refractivity contribution is 5.33. The molecule has 0 aliphatic carbocycles. The number of hydrogen-bond acceptors (Lipinski definition) is 2. The molecule has 0 saturated carbocycles. The predicted molar refractivity (Wildman–Crippen MR) is 84.2 cm³/mol. The Morgan fingerprint density at radius 2 is 1.50 bits per heavy atom. The molecule has 2 aromatic rings. The first-order valence-corrected chi connectivity index (χ1v) is 7.19. The van der Waals surface area contributed by atoms with E-state index in [2.05, 4.69) is 31.3 Å². The van der Waals surface area contributed by atoms with Crippen molar-refractivity contribution in [2.45, 2.75) is 26.3 Å². The Balaban J connectivity index is 2.05. The molecule has 2 heteroatoms. The Morgan fingerprint density at radius 3 is 2.05 bits per heavy atom. The maximum Gasteiger partial charge on any atom is 0.127 e. The molecule has 20 heavy (non-hydrogen) atoms. The van der Waals surface area contributed by atoms with E-state index in [1.54, 1.807) is 0 Å². The van der Waals surface area contributed by atoms with Crippen molar-refractivity contribution in [1.29, 1.82) is 0 Å². The highest BCUT2D eigenvalue weighted by Crippen LogP contribution is 2.25. The maximum atomic E-state index is 5.81. The monoisotopic (exact) mass is 269 g/mol. The molecule has 0 spiro atoms. The standard InChI is InChI=1S/C18H23NO/c1-14(2)13-18(19-3)15-9-11-17(12-10-15)20-16-7-5-4-6-8-16/h4-12,14,18-19H,13H2,1-3H3. The number of benzene rings is 2. The van der Waals surface area contributed by atoms with Crippen LogP contribution in [0.15, 0.2) is 54.6 Å². The topological polar surface area (TPSA) is 21.3 Å². The molecular formula is C18H23NO. The lowest BCUT2D eigenvalue weighted by Crippen LogP contribution is -2.18. The van der Waals surface area contributed by atoms with E-state index < -0.39 is 0 Å². The molecule has 2 rings (SSSR count). The molecule has 0 bridgehead atoms. The summed E-state index contributed by atoms with van der Waals surface area (Å²) >= 11 is 0. The first kappa shape index (κ1) is 14.6. The fraction of sp³-hybridized carbons (Fsp3) is 0.333. The molecule has 0 fully saturated rings. The van der Waals surface area contributed by atoms with Crippen molar-refractivity contribution in [3.8, 4) is 11.5 Å². The van der Waals surface area contributed by atoms with Gasteiger partial charge in [-0.2, -0.15) is 0 Å². The summed E-state index contributed by atoms with van der Waals surface area (Å²) in [4.78, 5) is 0. The van der Waals surface area contributed by atoms with Gasteiger partial charge in [-0.25, -0.2) is 0 Å². The van der Waals surface area contributed by atoms with E-state index in [9.17, 15) is 0 Å². The van der Waals surface area contributed by atoms with Crippen LogP contribution >= 0.6 is 0 Å². The predicted octanol–water partition coefficient (Wildman–Crippen LogP) is 4.79. The molecule has 0 aliphatic rings. The second-order valence-corrected chi connectivity index (χ2v) is 5.45. The van der Waals surface area contributed by atoms with Gasteiger partial charge in [0.15, 0.2) is 0 Å². The van der Waals surface area contributed by atoms with Crippen LogP contribution in [0.2, 0.25) is 0 Å². The highest BCUT2D eigenvalue weighted by Gasteiger charge is 2.11. The molecule has 0 radical (unpaired) electrons. The van der Waals surface area contributed by atoms with Crippen LogP contribution in [-0.4, -0.2) is 7.05 Å². The summed E-state index contributed by atoms with van der Waals surface area (Å²) in [5.74, 6) is 2.42. The van der Waals surface area contributed by atoms with Crippen LogP contribution in [0.1, 0.15) is 31.9 Å². The Bertz CT molecular complexity index is 505. The van der Waals surface area contributed by atoms with Crippen LogP contribution in [0.3, 0.4) is 0 Å². The molecule has 106 valence electrons. The molecule has 1 atom stereocenters. The van der Waals surface area contributed by atoms with Crippen LogP contribution in [0.5, 0.6) is 11.5 Å².